The number of aromatic nitrogens is 1. The predicted molar refractivity (Wildman–Crippen MR) is 92.0 cm³/mol. The van der Waals surface area contributed by atoms with E-state index < -0.39 is 0 Å². The van der Waals surface area contributed by atoms with Crippen molar-refractivity contribution < 1.29 is 0 Å². The zero-order chi connectivity index (χ0) is 15.2. The number of benzene rings is 1. The van der Waals surface area contributed by atoms with E-state index in [0.29, 0.717) is 12.1 Å². The van der Waals surface area contributed by atoms with Crippen LogP contribution in [0.4, 0.5) is 0 Å². The molecule has 0 saturated carbocycles. The zero-order valence-electron chi connectivity index (χ0n) is 13.5. The van der Waals surface area contributed by atoms with Gasteiger partial charge in [0.05, 0.1) is 11.7 Å². The van der Waals surface area contributed by atoms with E-state index in [-0.39, 0.29) is 0 Å². The van der Waals surface area contributed by atoms with Crippen LogP contribution in [0.1, 0.15) is 54.4 Å². The number of nitrogens with zero attached hydrogens (tertiary/aromatic N) is 1. The largest absolute Gasteiger partial charge is 0.306 e. The summed E-state index contributed by atoms with van der Waals surface area (Å²) in [5, 5.41) is 4.92. The van der Waals surface area contributed by atoms with Gasteiger partial charge in [-0.25, -0.2) is 4.98 Å². The zero-order valence-corrected chi connectivity index (χ0v) is 14.3. The van der Waals surface area contributed by atoms with Crippen molar-refractivity contribution in [2.75, 3.05) is 0 Å². The molecule has 0 fully saturated rings. The Morgan fingerprint density at radius 2 is 1.90 bits per heavy atom. The van der Waals surface area contributed by atoms with Gasteiger partial charge in [-0.2, -0.15) is 0 Å². The third kappa shape index (κ3) is 4.65. The summed E-state index contributed by atoms with van der Waals surface area (Å²) < 4.78 is 0. The van der Waals surface area contributed by atoms with Gasteiger partial charge in [-0.05, 0) is 31.7 Å². The van der Waals surface area contributed by atoms with Crippen molar-refractivity contribution in [1.29, 1.82) is 0 Å². The standard InChI is InChI=1S/C18H26N2S/c1-5-16-14(4)21-18(20-16)17(19-13(2)3)12-11-15-9-7-6-8-10-15/h6-10,13,17,19H,5,11-12H2,1-4H3. The predicted octanol–water partition coefficient (Wildman–Crippen LogP) is 4.69. The summed E-state index contributed by atoms with van der Waals surface area (Å²) in [4.78, 5) is 6.21. The minimum atomic E-state index is 0.356. The molecule has 1 atom stereocenters. The van der Waals surface area contributed by atoms with Crippen molar-refractivity contribution in [2.45, 2.75) is 59.0 Å². The van der Waals surface area contributed by atoms with Crippen molar-refractivity contribution in [1.82, 2.24) is 10.3 Å². The van der Waals surface area contributed by atoms with Crippen LogP contribution in [0.3, 0.4) is 0 Å². The SMILES string of the molecule is CCc1nc(C(CCc2ccccc2)NC(C)C)sc1C. The van der Waals surface area contributed by atoms with E-state index in [4.69, 9.17) is 4.98 Å². The van der Waals surface area contributed by atoms with Crippen LogP contribution in [-0.2, 0) is 12.8 Å². The lowest BCUT2D eigenvalue weighted by Gasteiger charge is -2.19. The molecule has 0 aliphatic heterocycles. The fourth-order valence-corrected chi connectivity index (χ4v) is 3.67. The van der Waals surface area contributed by atoms with E-state index in [1.807, 2.05) is 11.3 Å². The Labute approximate surface area is 132 Å². The molecule has 21 heavy (non-hydrogen) atoms. The summed E-state index contributed by atoms with van der Waals surface area (Å²) in [5.41, 5.74) is 2.65. The summed E-state index contributed by atoms with van der Waals surface area (Å²) in [6, 6.07) is 11.5. The van der Waals surface area contributed by atoms with Gasteiger partial charge in [0, 0.05) is 10.9 Å². The molecular formula is C18H26N2S. The van der Waals surface area contributed by atoms with Crippen LogP contribution < -0.4 is 5.32 Å². The van der Waals surface area contributed by atoms with Gasteiger partial charge in [0.1, 0.15) is 5.01 Å². The maximum atomic E-state index is 4.85. The molecule has 1 N–H and O–H groups in total. The van der Waals surface area contributed by atoms with Crippen molar-refractivity contribution in [3.8, 4) is 0 Å². The second kappa shape index (κ2) is 7.71. The lowest BCUT2D eigenvalue weighted by Crippen LogP contribution is -2.28. The first-order valence-electron chi connectivity index (χ1n) is 7.86. The molecule has 1 aromatic heterocycles. The number of hydrogen-bond acceptors (Lipinski definition) is 3. The number of rotatable bonds is 7. The highest BCUT2D eigenvalue weighted by molar-refractivity contribution is 7.11. The van der Waals surface area contributed by atoms with Crippen LogP contribution >= 0.6 is 11.3 Å². The lowest BCUT2D eigenvalue weighted by molar-refractivity contribution is 0.450. The molecule has 0 spiro atoms. The van der Waals surface area contributed by atoms with Gasteiger partial charge in [0.25, 0.3) is 0 Å². The van der Waals surface area contributed by atoms with E-state index in [1.54, 1.807) is 0 Å². The van der Waals surface area contributed by atoms with Gasteiger partial charge in [-0.1, -0.05) is 51.1 Å². The highest BCUT2D eigenvalue weighted by Crippen LogP contribution is 2.27. The van der Waals surface area contributed by atoms with Crippen LogP contribution in [0.5, 0.6) is 0 Å². The highest BCUT2D eigenvalue weighted by atomic mass is 32.1. The minimum Gasteiger partial charge on any atom is -0.306 e. The average molecular weight is 302 g/mol. The second-order valence-corrected chi connectivity index (χ2v) is 7.04. The van der Waals surface area contributed by atoms with E-state index in [2.05, 4.69) is 63.3 Å². The molecular weight excluding hydrogens is 276 g/mol. The molecule has 2 nitrogen and oxygen atoms in total. The first-order valence-corrected chi connectivity index (χ1v) is 8.68. The second-order valence-electron chi connectivity index (χ2n) is 5.81. The molecule has 114 valence electrons. The molecule has 0 bridgehead atoms. The summed E-state index contributed by atoms with van der Waals surface area (Å²) in [5.74, 6) is 0. The fraction of sp³-hybridized carbons (Fsp3) is 0.500. The molecule has 3 heteroatoms. The van der Waals surface area contributed by atoms with Crippen molar-refractivity contribution >= 4 is 11.3 Å². The number of thiazole rings is 1. The van der Waals surface area contributed by atoms with Crippen LogP contribution in [0.25, 0.3) is 0 Å². The molecule has 0 aliphatic carbocycles. The fourth-order valence-electron chi connectivity index (χ4n) is 2.56. The molecule has 0 radical (unpaired) electrons. The molecule has 1 unspecified atom stereocenters. The van der Waals surface area contributed by atoms with Gasteiger partial charge >= 0.3 is 0 Å². The topological polar surface area (TPSA) is 24.9 Å². The molecule has 0 amide bonds. The van der Waals surface area contributed by atoms with Crippen molar-refractivity contribution in [3.63, 3.8) is 0 Å². The molecule has 1 aromatic carbocycles. The smallest absolute Gasteiger partial charge is 0.110 e. The lowest BCUT2D eigenvalue weighted by atomic mass is 10.0. The molecule has 2 rings (SSSR count). The highest BCUT2D eigenvalue weighted by Gasteiger charge is 2.18. The van der Waals surface area contributed by atoms with Gasteiger partial charge < -0.3 is 5.32 Å². The van der Waals surface area contributed by atoms with Crippen LogP contribution in [-0.4, -0.2) is 11.0 Å². The Kier molecular flexibility index (Phi) is 5.95. The Hall–Kier alpha value is -1.19. The minimum absolute atomic E-state index is 0.356. The van der Waals surface area contributed by atoms with Crippen LogP contribution in [0.15, 0.2) is 30.3 Å². The maximum absolute atomic E-state index is 4.85. The quantitative estimate of drug-likeness (QED) is 0.803. The first-order chi connectivity index (χ1) is 10.1. The Morgan fingerprint density at radius 1 is 1.19 bits per heavy atom. The number of nitrogens with one attached hydrogen (secondary N) is 1. The van der Waals surface area contributed by atoms with Crippen molar-refractivity contribution in [3.05, 3.63) is 51.5 Å². The van der Waals surface area contributed by atoms with Gasteiger partial charge in [0.15, 0.2) is 0 Å². The first kappa shape index (κ1) is 16.2. The third-order valence-electron chi connectivity index (χ3n) is 3.64. The summed E-state index contributed by atoms with van der Waals surface area (Å²) in [6.45, 7) is 8.78. The number of hydrogen-bond donors (Lipinski definition) is 1. The normalized spacial score (nSPS) is 12.8. The van der Waals surface area contributed by atoms with E-state index in [9.17, 15) is 0 Å². The van der Waals surface area contributed by atoms with Crippen molar-refractivity contribution in [2.24, 2.45) is 0 Å². The van der Waals surface area contributed by atoms with Gasteiger partial charge in [-0.3, -0.25) is 0 Å². The third-order valence-corrected chi connectivity index (χ3v) is 4.77. The monoisotopic (exact) mass is 302 g/mol. The van der Waals surface area contributed by atoms with Gasteiger partial charge in [-0.15, -0.1) is 11.3 Å². The van der Waals surface area contributed by atoms with E-state index >= 15 is 0 Å². The van der Waals surface area contributed by atoms with E-state index in [0.717, 1.165) is 19.3 Å². The summed E-state index contributed by atoms with van der Waals surface area (Å²) in [7, 11) is 0. The summed E-state index contributed by atoms with van der Waals surface area (Å²) >= 11 is 1.85. The van der Waals surface area contributed by atoms with Gasteiger partial charge in [0.2, 0.25) is 0 Å². The van der Waals surface area contributed by atoms with Crippen LogP contribution in [0.2, 0.25) is 0 Å². The Bertz CT molecular complexity index is 546. The van der Waals surface area contributed by atoms with Crippen LogP contribution in [0, 0.1) is 6.92 Å². The molecule has 2 aromatic rings. The molecule has 1 heterocycles. The van der Waals surface area contributed by atoms with E-state index in [1.165, 1.54) is 21.1 Å². The number of aryl methyl sites for hydroxylation is 3. The Balaban J connectivity index is 2.10. The Morgan fingerprint density at radius 3 is 2.48 bits per heavy atom. The maximum Gasteiger partial charge on any atom is 0.110 e. The molecule has 0 aliphatic rings. The molecule has 0 saturated heterocycles. The summed E-state index contributed by atoms with van der Waals surface area (Å²) in [6.07, 6.45) is 3.21. The average Bonchev–Trinajstić information content (AvgIpc) is 2.85.